The molecule has 1 aromatic carbocycles. The summed E-state index contributed by atoms with van der Waals surface area (Å²) in [7, 11) is 1.78. The summed E-state index contributed by atoms with van der Waals surface area (Å²) in [6.45, 7) is 2.61. The van der Waals surface area contributed by atoms with Gasteiger partial charge in [-0.3, -0.25) is 0 Å². The van der Waals surface area contributed by atoms with Crippen molar-refractivity contribution >= 4 is 11.8 Å². The van der Waals surface area contributed by atoms with Gasteiger partial charge in [0.1, 0.15) is 11.6 Å². The van der Waals surface area contributed by atoms with Gasteiger partial charge in [-0.2, -0.15) is 4.98 Å². The molecule has 0 saturated heterocycles. The Hall–Kier alpha value is -2.17. The van der Waals surface area contributed by atoms with Gasteiger partial charge in [-0.25, -0.2) is 9.37 Å². The predicted octanol–water partition coefficient (Wildman–Crippen LogP) is 2.62. The Morgan fingerprint density at radius 1 is 1.21 bits per heavy atom. The van der Waals surface area contributed by atoms with Crippen LogP contribution < -0.4 is 10.6 Å². The van der Waals surface area contributed by atoms with Crippen LogP contribution in [0, 0.1) is 12.7 Å². The fraction of sp³-hybridized carbons (Fsp3) is 0.286. The second-order valence-electron chi connectivity index (χ2n) is 4.27. The topological polar surface area (TPSA) is 49.8 Å². The van der Waals surface area contributed by atoms with Gasteiger partial charge in [0.25, 0.3) is 0 Å². The molecule has 1 heterocycles. The first-order valence-corrected chi connectivity index (χ1v) is 6.19. The highest BCUT2D eigenvalue weighted by Crippen LogP contribution is 2.10. The molecule has 5 heteroatoms. The maximum atomic E-state index is 13.0. The minimum absolute atomic E-state index is 0.201. The Balaban J connectivity index is 1.94. The lowest BCUT2D eigenvalue weighted by atomic mass is 10.1. The van der Waals surface area contributed by atoms with Crippen LogP contribution in [0.4, 0.5) is 16.2 Å². The van der Waals surface area contributed by atoms with Crippen molar-refractivity contribution in [2.24, 2.45) is 0 Å². The number of anilines is 2. The van der Waals surface area contributed by atoms with Crippen molar-refractivity contribution in [3.63, 3.8) is 0 Å². The van der Waals surface area contributed by atoms with Gasteiger partial charge in [-0.1, -0.05) is 12.1 Å². The summed E-state index contributed by atoms with van der Waals surface area (Å²) in [4.78, 5) is 8.51. The number of aryl methyl sites for hydroxylation is 1. The third-order valence-electron chi connectivity index (χ3n) is 2.69. The van der Waals surface area contributed by atoms with E-state index in [9.17, 15) is 4.39 Å². The Kier molecular flexibility index (Phi) is 4.28. The zero-order chi connectivity index (χ0) is 13.7. The molecule has 1 aromatic heterocycles. The lowest BCUT2D eigenvalue weighted by Crippen LogP contribution is -2.08. The molecule has 0 atom stereocenters. The number of nitrogens with one attached hydrogen (secondary N) is 2. The van der Waals surface area contributed by atoms with Crippen molar-refractivity contribution in [1.29, 1.82) is 0 Å². The molecule has 0 amide bonds. The highest BCUT2D eigenvalue weighted by Gasteiger charge is 2.00. The smallest absolute Gasteiger partial charge is 0.224 e. The molecule has 100 valence electrons. The first-order valence-electron chi connectivity index (χ1n) is 6.19. The number of hydrogen-bond donors (Lipinski definition) is 2. The number of hydrogen-bond acceptors (Lipinski definition) is 4. The van der Waals surface area contributed by atoms with Crippen molar-refractivity contribution in [3.05, 3.63) is 47.4 Å². The molecule has 0 unspecified atom stereocenters. The van der Waals surface area contributed by atoms with Gasteiger partial charge in [-0.05, 0) is 31.0 Å². The Bertz CT molecular complexity index is 557. The van der Waals surface area contributed by atoms with Gasteiger partial charge >= 0.3 is 0 Å². The average Bonchev–Trinajstić information content (AvgIpc) is 2.38. The monoisotopic (exact) mass is 260 g/mol. The number of aromatic nitrogens is 2. The zero-order valence-electron chi connectivity index (χ0n) is 11.1. The third-order valence-corrected chi connectivity index (χ3v) is 2.69. The largest absolute Gasteiger partial charge is 0.370 e. The number of nitrogens with zero attached hydrogens (tertiary/aromatic N) is 2. The fourth-order valence-electron chi connectivity index (χ4n) is 1.80. The summed E-state index contributed by atoms with van der Waals surface area (Å²) in [5.74, 6) is 1.16. The zero-order valence-corrected chi connectivity index (χ0v) is 11.1. The van der Waals surface area contributed by atoms with Crippen LogP contribution >= 0.6 is 0 Å². The molecule has 0 spiro atoms. The van der Waals surface area contributed by atoms with E-state index in [1.807, 2.05) is 19.1 Å². The van der Waals surface area contributed by atoms with Crippen molar-refractivity contribution < 1.29 is 4.39 Å². The van der Waals surface area contributed by atoms with Gasteiger partial charge in [-0.15, -0.1) is 0 Å². The molecular weight excluding hydrogens is 243 g/mol. The van der Waals surface area contributed by atoms with Crippen molar-refractivity contribution in [2.45, 2.75) is 13.3 Å². The molecule has 0 aliphatic carbocycles. The molecule has 0 aliphatic heterocycles. The molecule has 0 radical (unpaired) electrons. The normalized spacial score (nSPS) is 10.3. The standard InChI is InChI=1S/C14H17FN4/c1-10-8-13(19-14(16-2)18-10)17-7-6-11-4-3-5-12(15)9-11/h3-5,8-9H,6-7H2,1-2H3,(H2,16,17,18,19). The van der Waals surface area contributed by atoms with E-state index in [4.69, 9.17) is 0 Å². The maximum absolute atomic E-state index is 13.0. The van der Waals surface area contributed by atoms with Crippen LogP contribution in [0.15, 0.2) is 30.3 Å². The minimum Gasteiger partial charge on any atom is -0.370 e. The summed E-state index contributed by atoms with van der Waals surface area (Å²) in [6.07, 6.45) is 0.746. The molecular formula is C14H17FN4. The first kappa shape index (κ1) is 13.3. The summed E-state index contributed by atoms with van der Waals surface area (Å²) < 4.78 is 13.0. The van der Waals surface area contributed by atoms with Gasteiger partial charge < -0.3 is 10.6 Å². The quantitative estimate of drug-likeness (QED) is 0.867. The van der Waals surface area contributed by atoms with E-state index in [1.165, 1.54) is 6.07 Å². The van der Waals surface area contributed by atoms with Crippen LogP contribution in [0.1, 0.15) is 11.3 Å². The Morgan fingerprint density at radius 2 is 2.05 bits per heavy atom. The Labute approximate surface area is 112 Å². The van der Waals surface area contributed by atoms with Crippen LogP contribution in [0.2, 0.25) is 0 Å². The highest BCUT2D eigenvalue weighted by atomic mass is 19.1. The summed E-state index contributed by atoms with van der Waals surface area (Å²) >= 11 is 0. The van der Waals surface area contributed by atoms with Crippen LogP contribution in [0.25, 0.3) is 0 Å². The van der Waals surface area contributed by atoms with E-state index in [2.05, 4.69) is 20.6 Å². The first-order chi connectivity index (χ1) is 9.17. The van der Waals surface area contributed by atoms with E-state index < -0.39 is 0 Å². The second kappa shape index (κ2) is 6.13. The lowest BCUT2D eigenvalue weighted by molar-refractivity contribution is 0.625. The van der Waals surface area contributed by atoms with Gasteiger partial charge in [0.2, 0.25) is 5.95 Å². The van der Waals surface area contributed by atoms with Gasteiger partial charge in [0.15, 0.2) is 0 Å². The molecule has 0 bridgehead atoms. The molecule has 2 rings (SSSR count). The highest BCUT2D eigenvalue weighted by molar-refractivity contribution is 5.41. The van der Waals surface area contributed by atoms with E-state index >= 15 is 0 Å². The van der Waals surface area contributed by atoms with Crippen molar-refractivity contribution in [2.75, 3.05) is 24.2 Å². The minimum atomic E-state index is -0.201. The van der Waals surface area contributed by atoms with Gasteiger partial charge in [0.05, 0.1) is 0 Å². The van der Waals surface area contributed by atoms with Crippen LogP contribution in [-0.4, -0.2) is 23.6 Å². The Morgan fingerprint density at radius 3 is 2.79 bits per heavy atom. The van der Waals surface area contributed by atoms with Crippen molar-refractivity contribution in [1.82, 2.24) is 9.97 Å². The molecule has 0 fully saturated rings. The summed E-state index contributed by atoms with van der Waals surface area (Å²) in [5, 5.41) is 6.13. The lowest BCUT2D eigenvalue weighted by Gasteiger charge is -2.08. The fourth-order valence-corrected chi connectivity index (χ4v) is 1.80. The second-order valence-corrected chi connectivity index (χ2v) is 4.27. The molecule has 0 saturated carbocycles. The van der Waals surface area contributed by atoms with Crippen LogP contribution in [-0.2, 0) is 6.42 Å². The summed E-state index contributed by atoms with van der Waals surface area (Å²) in [5.41, 5.74) is 1.86. The SMILES string of the molecule is CNc1nc(C)cc(NCCc2cccc(F)c2)n1. The molecule has 2 aromatic rings. The van der Waals surface area contributed by atoms with E-state index in [0.717, 1.165) is 23.5 Å². The van der Waals surface area contributed by atoms with Crippen molar-refractivity contribution in [3.8, 4) is 0 Å². The van der Waals surface area contributed by atoms with Gasteiger partial charge in [0, 0.05) is 25.4 Å². The number of benzene rings is 1. The van der Waals surface area contributed by atoms with E-state index in [0.29, 0.717) is 12.5 Å². The van der Waals surface area contributed by atoms with Crippen LogP contribution in [0.5, 0.6) is 0 Å². The third kappa shape index (κ3) is 3.91. The predicted molar refractivity (Wildman–Crippen MR) is 74.9 cm³/mol. The molecule has 19 heavy (non-hydrogen) atoms. The number of rotatable bonds is 5. The van der Waals surface area contributed by atoms with Crippen LogP contribution in [0.3, 0.4) is 0 Å². The molecule has 4 nitrogen and oxygen atoms in total. The average molecular weight is 260 g/mol. The molecule has 0 aliphatic rings. The maximum Gasteiger partial charge on any atom is 0.224 e. The molecule has 2 N–H and O–H groups in total. The summed E-state index contributed by atoms with van der Waals surface area (Å²) in [6, 6.07) is 8.51. The van der Waals surface area contributed by atoms with E-state index in [1.54, 1.807) is 19.2 Å². The van der Waals surface area contributed by atoms with E-state index in [-0.39, 0.29) is 5.82 Å². The number of halogens is 1.